The molecule has 1 aliphatic heterocycles. The number of rotatable bonds is 3. The molecule has 0 radical (unpaired) electrons. The third-order valence-corrected chi connectivity index (χ3v) is 4.35. The van der Waals surface area contributed by atoms with Gasteiger partial charge in [0.05, 0.1) is 6.10 Å². The predicted octanol–water partition coefficient (Wildman–Crippen LogP) is 1.76. The van der Waals surface area contributed by atoms with Crippen LogP contribution in [-0.4, -0.2) is 34.7 Å². The molecule has 2 fully saturated rings. The zero-order valence-corrected chi connectivity index (χ0v) is 10.5. The first-order chi connectivity index (χ1) is 8.72. The number of aliphatic hydroxyl groups is 1. The number of aromatic hydroxyl groups is 1. The van der Waals surface area contributed by atoms with Crippen LogP contribution in [0.4, 0.5) is 0 Å². The Balaban J connectivity index is 1.58. The van der Waals surface area contributed by atoms with E-state index in [0.717, 1.165) is 24.9 Å². The lowest BCUT2D eigenvalue weighted by Gasteiger charge is -2.20. The number of nitrogens with zero attached hydrogens (tertiary/aromatic N) is 1. The van der Waals surface area contributed by atoms with Gasteiger partial charge >= 0.3 is 0 Å². The second kappa shape index (κ2) is 4.79. The van der Waals surface area contributed by atoms with Crippen molar-refractivity contribution in [1.29, 1.82) is 0 Å². The van der Waals surface area contributed by atoms with Crippen molar-refractivity contribution in [2.45, 2.75) is 25.4 Å². The molecule has 1 aliphatic carbocycles. The van der Waals surface area contributed by atoms with Gasteiger partial charge in [-0.05, 0) is 42.9 Å². The minimum Gasteiger partial charge on any atom is -0.501 e. The van der Waals surface area contributed by atoms with Crippen molar-refractivity contribution < 1.29 is 10.2 Å². The number of hydrogen-bond donors (Lipinski definition) is 2. The van der Waals surface area contributed by atoms with Crippen LogP contribution in [-0.2, 0) is 0 Å². The molecule has 1 saturated heterocycles. The molecule has 0 spiro atoms. The Labute approximate surface area is 108 Å². The number of aliphatic hydroxyl groups excluding tert-OH is 1. The number of likely N-dealkylation sites (tertiary alicyclic amines) is 1. The van der Waals surface area contributed by atoms with Crippen LogP contribution >= 0.6 is 0 Å². The fourth-order valence-electron chi connectivity index (χ4n) is 3.41. The van der Waals surface area contributed by atoms with Gasteiger partial charge in [0.15, 0.2) is 5.75 Å². The normalized spacial score (nSPS) is 28.9. The zero-order valence-electron chi connectivity index (χ0n) is 10.5. The Hall–Kier alpha value is -1.24. The van der Waals surface area contributed by atoms with Crippen LogP contribution in [0.2, 0.25) is 0 Å². The van der Waals surface area contributed by atoms with Crippen molar-refractivity contribution in [3.05, 3.63) is 29.8 Å². The summed E-state index contributed by atoms with van der Waals surface area (Å²) in [4.78, 5) is 2.36. The van der Waals surface area contributed by atoms with Gasteiger partial charge in [0.2, 0.25) is 0 Å². The lowest BCUT2D eigenvalue weighted by molar-refractivity contribution is 0.122. The van der Waals surface area contributed by atoms with E-state index in [4.69, 9.17) is 5.11 Å². The van der Waals surface area contributed by atoms with E-state index in [0.29, 0.717) is 12.1 Å². The fourth-order valence-corrected chi connectivity index (χ4v) is 3.41. The van der Waals surface area contributed by atoms with Gasteiger partial charge < -0.3 is 10.2 Å². The average molecular weight is 245 g/mol. The highest BCUT2D eigenvalue weighted by atomic mass is 16.3. The minimum atomic E-state index is -0.527. The molecule has 1 saturated carbocycles. The topological polar surface area (TPSA) is 43.7 Å². The Kier molecular flexibility index (Phi) is 3.15. The summed E-state index contributed by atoms with van der Waals surface area (Å²) in [5.74, 6) is 1.78. The molecule has 0 aromatic heterocycles. The minimum absolute atomic E-state index is 0.0710. The maximum atomic E-state index is 10.2. The fraction of sp³-hybridized carbons (Fsp3) is 0.600. The molecule has 3 nitrogen and oxygen atoms in total. The molecule has 1 aromatic carbocycles. The molecule has 3 rings (SSSR count). The zero-order chi connectivity index (χ0) is 12.5. The van der Waals surface area contributed by atoms with Gasteiger partial charge in [-0.1, -0.05) is 12.5 Å². The van der Waals surface area contributed by atoms with Crippen molar-refractivity contribution in [2.24, 2.45) is 11.8 Å². The summed E-state index contributed by atoms with van der Waals surface area (Å²) in [5.41, 5.74) is 0.713. The summed E-state index contributed by atoms with van der Waals surface area (Å²) in [7, 11) is 0. The average Bonchev–Trinajstić information content (AvgIpc) is 2.90. The molecule has 96 valence electrons. The number of hydrogen-bond acceptors (Lipinski definition) is 3. The van der Waals surface area contributed by atoms with Crippen LogP contribution in [0.5, 0.6) is 5.75 Å². The Morgan fingerprint density at radius 2 is 1.94 bits per heavy atom. The summed E-state index contributed by atoms with van der Waals surface area (Å²) < 4.78 is 0. The first-order valence-electron chi connectivity index (χ1n) is 6.75. The van der Waals surface area contributed by atoms with Gasteiger partial charge in [0.25, 0.3) is 0 Å². The highest BCUT2D eigenvalue weighted by molar-refractivity contribution is 5.20. The third-order valence-electron chi connectivity index (χ3n) is 4.35. The Morgan fingerprint density at radius 1 is 1.22 bits per heavy atom. The van der Waals surface area contributed by atoms with E-state index in [1.807, 2.05) is 0 Å². The predicted molar refractivity (Wildman–Crippen MR) is 68.0 cm³/mol. The molecule has 3 atom stereocenters. The molecule has 3 heteroatoms. The summed E-state index contributed by atoms with van der Waals surface area (Å²) in [6, 6.07) is 8.67. The van der Waals surface area contributed by atoms with Gasteiger partial charge in [0.1, 0.15) is 0 Å². The van der Waals surface area contributed by atoms with E-state index < -0.39 is 6.10 Å². The molecule has 0 amide bonds. The SMILES string of the molecule is Oc1c#cc(C(O)CN2CC3CCCC3C2)cc1. The standard InChI is InChI=1S/C15H19NO2/c17-14-6-4-11(5-7-14)15(18)10-16-8-12-2-1-3-13(12)9-16/h4,6,12-13,15,17-18H,1-3,8-10H2. The van der Waals surface area contributed by atoms with E-state index in [1.165, 1.54) is 19.3 Å². The second-order valence-electron chi connectivity index (χ2n) is 5.61. The molecule has 18 heavy (non-hydrogen) atoms. The van der Waals surface area contributed by atoms with E-state index in [1.54, 1.807) is 12.1 Å². The molecule has 1 heterocycles. The van der Waals surface area contributed by atoms with E-state index in [9.17, 15) is 5.11 Å². The summed E-state index contributed by atoms with van der Waals surface area (Å²) >= 11 is 0. The van der Waals surface area contributed by atoms with Crippen LogP contribution in [0.3, 0.4) is 0 Å². The van der Waals surface area contributed by atoms with Crippen LogP contribution in [0, 0.1) is 24.0 Å². The second-order valence-corrected chi connectivity index (χ2v) is 5.61. The summed E-state index contributed by atoms with van der Waals surface area (Å²) in [5, 5.41) is 19.3. The first kappa shape index (κ1) is 11.8. The smallest absolute Gasteiger partial charge is 0.167 e. The van der Waals surface area contributed by atoms with Crippen LogP contribution in [0.15, 0.2) is 12.1 Å². The molecule has 2 N–H and O–H groups in total. The monoisotopic (exact) mass is 245 g/mol. The molecule has 2 aliphatic rings. The Morgan fingerprint density at radius 3 is 2.56 bits per heavy atom. The number of fused-ring (bicyclic) bond motifs is 1. The largest absolute Gasteiger partial charge is 0.501 e. The number of β-amino-alcohol motifs (C(OH)–C–C–N with tert-alkyl or cyclic N) is 1. The van der Waals surface area contributed by atoms with Gasteiger partial charge in [0, 0.05) is 25.2 Å². The van der Waals surface area contributed by atoms with Gasteiger partial charge in [-0.25, -0.2) is 0 Å². The van der Waals surface area contributed by atoms with Crippen molar-refractivity contribution in [1.82, 2.24) is 4.90 Å². The van der Waals surface area contributed by atoms with Crippen molar-refractivity contribution >= 4 is 0 Å². The maximum absolute atomic E-state index is 10.2. The molecule has 0 bridgehead atoms. The Bertz CT molecular complexity index is 391. The van der Waals surface area contributed by atoms with Crippen molar-refractivity contribution in [3.8, 4) is 5.75 Å². The third kappa shape index (κ3) is 2.31. The van der Waals surface area contributed by atoms with Crippen LogP contribution in [0.25, 0.3) is 0 Å². The lowest BCUT2D eigenvalue weighted by atomic mass is 10.0. The van der Waals surface area contributed by atoms with Gasteiger partial charge in [-0.3, -0.25) is 4.90 Å². The molecular weight excluding hydrogens is 226 g/mol. The molecule has 3 unspecified atom stereocenters. The van der Waals surface area contributed by atoms with Gasteiger partial charge in [-0.2, -0.15) is 0 Å². The van der Waals surface area contributed by atoms with Gasteiger partial charge in [-0.15, -0.1) is 0 Å². The maximum Gasteiger partial charge on any atom is 0.167 e. The van der Waals surface area contributed by atoms with Crippen LogP contribution in [0.1, 0.15) is 30.9 Å². The van der Waals surface area contributed by atoms with E-state index >= 15 is 0 Å². The summed E-state index contributed by atoms with van der Waals surface area (Å²) in [6.45, 7) is 2.93. The van der Waals surface area contributed by atoms with Crippen LogP contribution < -0.4 is 0 Å². The highest BCUT2D eigenvalue weighted by Gasteiger charge is 2.36. The van der Waals surface area contributed by atoms with E-state index in [2.05, 4.69) is 17.0 Å². The van der Waals surface area contributed by atoms with Crippen molar-refractivity contribution in [3.63, 3.8) is 0 Å². The summed E-state index contributed by atoms with van der Waals surface area (Å²) in [6.07, 6.45) is 3.57. The van der Waals surface area contributed by atoms with E-state index in [-0.39, 0.29) is 5.75 Å². The lowest BCUT2D eigenvalue weighted by Crippen LogP contribution is -2.27. The highest BCUT2D eigenvalue weighted by Crippen LogP contribution is 2.38. The molecule has 1 aromatic rings. The van der Waals surface area contributed by atoms with Crippen molar-refractivity contribution in [2.75, 3.05) is 19.6 Å². The quantitative estimate of drug-likeness (QED) is 0.853. The first-order valence-corrected chi connectivity index (χ1v) is 6.75. The molecular formula is C15H19NO2.